The summed E-state index contributed by atoms with van der Waals surface area (Å²) in [5.41, 5.74) is 3.79. The minimum atomic E-state index is 0.755. The van der Waals surface area contributed by atoms with Gasteiger partial charge in [0.25, 0.3) is 0 Å². The second-order valence-electron chi connectivity index (χ2n) is 4.66. The van der Waals surface area contributed by atoms with E-state index in [1.165, 1.54) is 30.5 Å². The van der Waals surface area contributed by atoms with Gasteiger partial charge in [0.2, 0.25) is 0 Å². The highest BCUT2D eigenvalue weighted by molar-refractivity contribution is 7.71. The van der Waals surface area contributed by atoms with Crippen LogP contribution in [0.4, 0.5) is 0 Å². The number of rotatable bonds is 0. The maximum atomic E-state index is 6.05. The fourth-order valence-electron chi connectivity index (χ4n) is 2.61. The molecule has 0 atom stereocenters. The van der Waals surface area contributed by atoms with Crippen LogP contribution in [0.25, 0.3) is 10.9 Å². The van der Waals surface area contributed by atoms with Crippen LogP contribution < -0.4 is 0 Å². The number of pyridine rings is 1. The first kappa shape index (κ1) is 11.2. The summed E-state index contributed by atoms with van der Waals surface area (Å²) in [5.74, 6) is 0. The van der Waals surface area contributed by atoms with Crippen LogP contribution in [0.2, 0.25) is 5.02 Å². The number of aromatic nitrogens is 1. The van der Waals surface area contributed by atoms with Crippen LogP contribution in [0.3, 0.4) is 0 Å². The first-order chi connectivity index (χ1) is 8.25. The zero-order valence-corrected chi connectivity index (χ0v) is 11.1. The smallest absolute Gasteiger partial charge is 0.0520 e. The Morgan fingerprint density at radius 3 is 2.82 bits per heavy atom. The van der Waals surface area contributed by atoms with Crippen LogP contribution in [-0.4, -0.2) is 4.98 Å². The molecule has 0 radical (unpaired) electrons. The highest BCUT2D eigenvalue weighted by atomic mass is 35.5. The van der Waals surface area contributed by atoms with Crippen molar-refractivity contribution in [3.63, 3.8) is 0 Å². The van der Waals surface area contributed by atoms with Gasteiger partial charge < -0.3 is 4.98 Å². The van der Waals surface area contributed by atoms with Crippen molar-refractivity contribution in [2.45, 2.75) is 32.1 Å². The Labute approximate surface area is 111 Å². The molecule has 2 aromatic rings. The summed E-state index contributed by atoms with van der Waals surface area (Å²) < 4.78 is 0.998. The molecule has 17 heavy (non-hydrogen) atoms. The number of aromatic amines is 1. The molecule has 0 saturated heterocycles. The molecule has 1 aliphatic carbocycles. The standard InChI is InChI=1S/C14H14ClNS/c15-9-6-7-13-11(8-9)14(17)10-4-2-1-3-5-12(10)16-13/h6-8H,1-5H2,(H,16,17). The van der Waals surface area contributed by atoms with Crippen molar-refractivity contribution in [1.29, 1.82) is 0 Å². The van der Waals surface area contributed by atoms with Gasteiger partial charge in [0.1, 0.15) is 0 Å². The van der Waals surface area contributed by atoms with E-state index in [1.54, 1.807) is 0 Å². The third-order valence-corrected chi connectivity index (χ3v) is 4.21. The van der Waals surface area contributed by atoms with E-state index in [-0.39, 0.29) is 0 Å². The molecule has 0 fully saturated rings. The number of hydrogen-bond donors (Lipinski definition) is 1. The normalized spacial score (nSPS) is 15.6. The fourth-order valence-corrected chi connectivity index (χ4v) is 3.18. The van der Waals surface area contributed by atoms with Crippen molar-refractivity contribution < 1.29 is 0 Å². The Kier molecular flexibility index (Phi) is 2.93. The van der Waals surface area contributed by atoms with Crippen molar-refractivity contribution in [1.82, 2.24) is 4.98 Å². The molecule has 1 aromatic heterocycles. The Bertz CT molecular complexity index is 630. The monoisotopic (exact) mass is 263 g/mol. The van der Waals surface area contributed by atoms with Gasteiger partial charge in [-0.3, -0.25) is 0 Å². The molecule has 1 aromatic carbocycles. The zero-order chi connectivity index (χ0) is 11.8. The van der Waals surface area contributed by atoms with Gasteiger partial charge in [0.05, 0.1) is 4.51 Å². The molecule has 88 valence electrons. The summed E-state index contributed by atoms with van der Waals surface area (Å²) in [6.07, 6.45) is 6.03. The molecule has 0 aliphatic heterocycles. The Balaban J connectivity index is 2.33. The van der Waals surface area contributed by atoms with Crippen LogP contribution in [0, 0.1) is 4.51 Å². The predicted molar refractivity (Wildman–Crippen MR) is 75.4 cm³/mol. The van der Waals surface area contributed by atoms with E-state index in [4.69, 9.17) is 23.8 Å². The third-order valence-electron chi connectivity index (χ3n) is 3.50. The minimum absolute atomic E-state index is 0.755. The van der Waals surface area contributed by atoms with Crippen LogP contribution in [-0.2, 0) is 12.8 Å². The lowest BCUT2D eigenvalue weighted by atomic mass is 10.1. The van der Waals surface area contributed by atoms with Gasteiger partial charge in [-0.2, -0.15) is 0 Å². The van der Waals surface area contributed by atoms with E-state index in [2.05, 4.69) is 4.98 Å². The average Bonchev–Trinajstić information content (AvgIpc) is 2.56. The van der Waals surface area contributed by atoms with Gasteiger partial charge in [-0.25, -0.2) is 0 Å². The first-order valence-electron chi connectivity index (χ1n) is 6.09. The van der Waals surface area contributed by atoms with Crippen molar-refractivity contribution in [3.8, 4) is 0 Å². The summed E-state index contributed by atoms with van der Waals surface area (Å²) in [6, 6.07) is 5.91. The summed E-state index contributed by atoms with van der Waals surface area (Å²) in [5, 5.41) is 1.85. The van der Waals surface area contributed by atoms with Gasteiger partial charge in [-0.05, 0) is 49.4 Å². The van der Waals surface area contributed by atoms with E-state index in [9.17, 15) is 0 Å². The Morgan fingerprint density at radius 1 is 1.12 bits per heavy atom. The molecule has 3 heteroatoms. The highest BCUT2D eigenvalue weighted by Gasteiger charge is 2.12. The van der Waals surface area contributed by atoms with Crippen LogP contribution in [0.1, 0.15) is 30.5 Å². The third kappa shape index (κ3) is 2.00. The van der Waals surface area contributed by atoms with Crippen LogP contribution in [0.15, 0.2) is 18.2 Å². The fraction of sp³-hybridized carbons (Fsp3) is 0.357. The van der Waals surface area contributed by atoms with Crippen LogP contribution in [0.5, 0.6) is 0 Å². The minimum Gasteiger partial charge on any atom is -0.358 e. The molecule has 0 bridgehead atoms. The van der Waals surface area contributed by atoms with Crippen molar-refractivity contribution in [2.75, 3.05) is 0 Å². The second-order valence-corrected chi connectivity index (χ2v) is 5.51. The number of hydrogen-bond acceptors (Lipinski definition) is 1. The first-order valence-corrected chi connectivity index (χ1v) is 6.87. The highest BCUT2D eigenvalue weighted by Crippen LogP contribution is 2.27. The number of fused-ring (bicyclic) bond motifs is 2. The molecule has 1 N–H and O–H groups in total. The van der Waals surface area contributed by atoms with E-state index in [1.807, 2.05) is 18.2 Å². The topological polar surface area (TPSA) is 15.8 Å². The maximum absolute atomic E-state index is 6.05. The predicted octanol–water partition coefficient (Wildman–Crippen LogP) is 4.82. The Morgan fingerprint density at radius 2 is 1.94 bits per heavy atom. The number of nitrogens with one attached hydrogen (secondary N) is 1. The molecule has 1 aliphatic rings. The molecule has 0 spiro atoms. The number of H-pyrrole nitrogens is 1. The second kappa shape index (κ2) is 4.43. The van der Waals surface area contributed by atoms with Crippen molar-refractivity contribution in [2.24, 2.45) is 0 Å². The van der Waals surface area contributed by atoms with Gasteiger partial charge >= 0.3 is 0 Å². The summed E-state index contributed by atoms with van der Waals surface area (Å²) in [7, 11) is 0. The zero-order valence-electron chi connectivity index (χ0n) is 9.55. The number of aryl methyl sites for hydroxylation is 1. The summed E-state index contributed by atoms with van der Waals surface area (Å²) in [6.45, 7) is 0. The molecular weight excluding hydrogens is 250 g/mol. The quantitative estimate of drug-likeness (QED) is 0.532. The average molecular weight is 264 g/mol. The molecule has 0 unspecified atom stereocenters. The van der Waals surface area contributed by atoms with E-state index in [0.717, 1.165) is 33.3 Å². The summed E-state index contributed by atoms with van der Waals surface area (Å²) >= 11 is 11.7. The molecular formula is C14H14ClNS. The van der Waals surface area contributed by atoms with Gasteiger partial charge in [-0.15, -0.1) is 0 Å². The SMILES string of the molecule is S=c1c2c([nH]c3ccc(Cl)cc13)CCCCC2. The summed E-state index contributed by atoms with van der Waals surface area (Å²) in [4.78, 5) is 3.53. The Hall–Kier alpha value is -0.860. The molecule has 0 saturated carbocycles. The van der Waals surface area contributed by atoms with Gasteiger partial charge in [-0.1, -0.05) is 30.2 Å². The maximum Gasteiger partial charge on any atom is 0.0520 e. The molecule has 0 amide bonds. The molecule has 3 rings (SSSR count). The molecule has 1 nitrogen and oxygen atoms in total. The lowest BCUT2D eigenvalue weighted by molar-refractivity contribution is 0.709. The number of benzene rings is 1. The molecule has 1 heterocycles. The lowest BCUT2D eigenvalue weighted by Gasteiger charge is -2.09. The van der Waals surface area contributed by atoms with Crippen molar-refractivity contribution >= 4 is 34.7 Å². The van der Waals surface area contributed by atoms with E-state index < -0.39 is 0 Å². The van der Waals surface area contributed by atoms with Gasteiger partial charge in [0, 0.05) is 21.6 Å². The van der Waals surface area contributed by atoms with Gasteiger partial charge in [0.15, 0.2) is 0 Å². The number of halogens is 1. The lowest BCUT2D eigenvalue weighted by Crippen LogP contribution is -1.97. The largest absolute Gasteiger partial charge is 0.358 e. The van der Waals surface area contributed by atoms with Crippen molar-refractivity contribution in [3.05, 3.63) is 39.0 Å². The van der Waals surface area contributed by atoms with E-state index in [0.29, 0.717) is 0 Å². The van der Waals surface area contributed by atoms with E-state index >= 15 is 0 Å². The van der Waals surface area contributed by atoms with Crippen LogP contribution >= 0.6 is 23.8 Å².